The fourth-order valence-corrected chi connectivity index (χ4v) is 3.50. The molecule has 0 amide bonds. The number of sulfonamides is 1. The van der Waals surface area contributed by atoms with Gasteiger partial charge in [0.2, 0.25) is 10.0 Å². The van der Waals surface area contributed by atoms with Crippen molar-refractivity contribution < 1.29 is 12.8 Å². The van der Waals surface area contributed by atoms with Gasteiger partial charge in [0.1, 0.15) is 18.0 Å². The number of rotatable bonds is 2. The second-order valence-corrected chi connectivity index (χ2v) is 6.40. The molecule has 9 heteroatoms. The molecule has 0 radical (unpaired) electrons. The van der Waals surface area contributed by atoms with Crippen molar-refractivity contribution in [3.05, 3.63) is 36.2 Å². The lowest BCUT2D eigenvalue weighted by Crippen LogP contribution is -2.38. The summed E-state index contributed by atoms with van der Waals surface area (Å²) in [6.45, 7) is 0.933. The molecular weight excluding hydrogens is 285 g/mol. The fraction of sp³-hybridized carbons (Fsp3) is 0.273. The Morgan fingerprint density at radius 3 is 2.85 bits per heavy atom. The van der Waals surface area contributed by atoms with Crippen LogP contribution in [0.2, 0.25) is 0 Å². The molecular formula is C11H12FN5O2S. The zero-order valence-corrected chi connectivity index (χ0v) is 11.2. The number of benzene rings is 1. The third-order valence-corrected chi connectivity index (χ3v) is 5.05. The number of halogens is 1. The molecule has 0 fully saturated rings. The molecule has 1 aliphatic rings. The summed E-state index contributed by atoms with van der Waals surface area (Å²) < 4.78 is 41.2. The highest BCUT2D eigenvalue weighted by Crippen LogP contribution is 2.23. The lowest BCUT2D eigenvalue weighted by molar-refractivity contribution is 0.335. The quantitative estimate of drug-likeness (QED) is 0.799. The number of hydrogen-bond donors (Lipinski definition) is 1. The Labute approximate surface area is 114 Å². The van der Waals surface area contributed by atoms with E-state index in [1.165, 1.54) is 10.4 Å². The minimum atomic E-state index is -3.72. The van der Waals surface area contributed by atoms with Crippen LogP contribution in [0.25, 0.3) is 0 Å². The Morgan fingerprint density at radius 2 is 2.10 bits per heavy atom. The highest BCUT2D eigenvalue weighted by molar-refractivity contribution is 7.89. The predicted molar refractivity (Wildman–Crippen MR) is 68.4 cm³/mol. The molecule has 0 spiro atoms. The van der Waals surface area contributed by atoms with Crippen LogP contribution in [-0.4, -0.2) is 34.0 Å². The summed E-state index contributed by atoms with van der Waals surface area (Å²) in [5.74, 6) is -0.0581. The van der Waals surface area contributed by atoms with Crippen LogP contribution in [0.1, 0.15) is 5.82 Å². The van der Waals surface area contributed by atoms with Crippen LogP contribution >= 0.6 is 0 Å². The largest absolute Gasteiger partial charge is 0.396 e. The number of anilines is 1. The van der Waals surface area contributed by atoms with Crippen molar-refractivity contribution in [3.8, 4) is 0 Å². The first-order chi connectivity index (χ1) is 9.48. The maximum absolute atomic E-state index is 13.1. The van der Waals surface area contributed by atoms with Crippen LogP contribution < -0.4 is 5.73 Å². The fourth-order valence-electron chi connectivity index (χ4n) is 2.08. The van der Waals surface area contributed by atoms with E-state index in [9.17, 15) is 12.8 Å². The highest BCUT2D eigenvalue weighted by Gasteiger charge is 2.29. The zero-order chi connectivity index (χ0) is 14.3. The van der Waals surface area contributed by atoms with E-state index in [2.05, 4.69) is 10.2 Å². The van der Waals surface area contributed by atoms with Crippen LogP contribution in [-0.2, 0) is 23.1 Å². The van der Waals surface area contributed by atoms with Gasteiger partial charge in [-0.05, 0) is 18.2 Å². The second-order valence-electron chi connectivity index (χ2n) is 4.46. The van der Waals surface area contributed by atoms with Gasteiger partial charge in [0, 0.05) is 13.1 Å². The Balaban J connectivity index is 1.95. The first-order valence-electron chi connectivity index (χ1n) is 5.90. The van der Waals surface area contributed by atoms with Crippen molar-refractivity contribution in [2.45, 2.75) is 18.0 Å². The molecule has 0 unspecified atom stereocenters. The van der Waals surface area contributed by atoms with Crippen molar-refractivity contribution in [1.29, 1.82) is 0 Å². The van der Waals surface area contributed by atoms with Crippen molar-refractivity contribution in [2.24, 2.45) is 0 Å². The summed E-state index contributed by atoms with van der Waals surface area (Å²) >= 11 is 0. The van der Waals surface area contributed by atoms with Gasteiger partial charge in [-0.3, -0.25) is 0 Å². The van der Waals surface area contributed by atoms with Crippen molar-refractivity contribution in [3.63, 3.8) is 0 Å². The summed E-state index contributed by atoms with van der Waals surface area (Å²) in [6, 6.07) is 3.39. The Bertz CT molecular complexity index is 758. The van der Waals surface area contributed by atoms with E-state index >= 15 is 0 Å². The third-order valence-electron chi connectivity index (χ3n) is 3.21. The average molecular weight is 297 g/mol. The maximum Gasteiger partial charge on any atom is 0.243 e. The first kappa shape index (κ1) is 13.0. The molecule has 1 aromatic carbocycles. The van der Waals surface area contributed by atoms with E-state index in [1.807, 2.05) is 0 Å². The number of fused-ring (bicyclic) bond motifs is 1. The van der Waals surface area contributed by atoms with Gasteiger partial charge < -0.3 is 10.3 Å². The van der Waals surface area contributed by atoms with Crippen molar-refractivity contribution in [1.82, 2.24) is 19.1 Å². The van der Waals surface area contributed by atoms with Crippen LogP contribution in [0.15, 0.2) is 29.4 Å². The molecule has 7 nitrogen and oxygen atoms in total. The molecule has 0 saturated heterocycles. The third kappa shape index (κ3) is 2.04. The van der Waals surface area contributed by atoms with Gasteiger partial charge >= 0.3 is 0 Å². The van der Waals surface area contributed by atoms with Gasteiger partial charge in [0.05, 0.1) is 17.1 Å². The normalized spacial score (nSPS) is 16.1. The molecule has 1 aromatic heterocycles. The summed E-state index contributed by atoms with van der Waals surface area (Å²) in [4.78, 5) is -0.0237. The molecule has 2 heterocycles. The first-order valence-corrected chi connectivity index (χ1v) is 7.34. The van der Waals surface area contributed by atoms with Gasteiger partial charge in [-0.2, -0.15) is 4.31 Å². The Kier molecular flexibility index (Phi) is 2.94. The van der Waals surface area contributed by atoms with E-state index in [-0.39, 0.29) is 17.1 Å². The Morgan fingerprint density at radius 1 is 1.30 bits per heavy atom. The van der Waals surface area contributed by atoms with E-state index in [0.717, 1.165) is 12.1 Å². The molecule has 2 aromatic rings. The number of nitrogens with zero attached hydrogens (tertiary/aromatic N) is 4. The van der Waals surface area contributed by atoms with E-state index in [1.54, 1.807) is 10.9 Å². The van der Waals surface area contributed by atoms with Crippen molar-refractivity contribution in [2.75, 3.05) is 12.3 Å². The van der Waals surface area contributed by atoms with Gasteiger partial charge in [0.25, 0.3) is 0 Å². The second kappa shape index (κ2) is 4.53. The lowest BCUT2D eigenvalue weighted by atomic mass is 10.3. The topological polar surface area (TPSA) is 94.1 Å². The molecule has 2 N–H and O–H groups in total. The molecule has 0 saturated carbocycles. The van der Waals surface area contributed by atoms with Gasteiger partial charge in [-0.1, -0.05) is 0 Å². The number of hydrogen-bond acceptors (Lipinski definition) is 5. The molecule has 0 aliphatic carbocycles. The molecule has 106 valence electrons. The van der Waals surface area contributed by atoms with Gasteiger partial charge in [0.15, 0.2) is 0 Å². The minimum absolute atomic E-state index is 0.0237. The zero-order valence-electron chi connectivity index (χ0n) is 10.4. The van der Waals surface area contributed by atoms with E-state index < -0.39 is 15.8 Å². The maximum atomic E-state index is 13.1. The van der Waals surface area contributed by atoms with E-state index in [0.29, 0.717) is 18.9 Å². The predicted octanol–water partition coefficient (Wildman–Crippen LogP) is 0.204. The summed E-state index contributed by atoms with van der Waals surface area (Å²) in [6.07, 6.45) is 1.56. The molecule has 0 bridgehead atoms. The monoisotopic (exact) mass is 297 g/mol. The van der Waals surface area contributed by atoms with Gasteiger partial charge in [-0.15, -0.1) is 10.2 Å². The lowest BCUT2D eigenvalue weighted by Gasteiger charge is -2.26. The standard InChI is InChI=1S/C11H12FN5O2S/c12-9-2-1-8(5-10(9)13)20(18,19)17-4-3-16-7-14-15-11(16)6-17/h1-2,5,7H,3-4,6,13H2. The molecule has 20 heavy (non-hydrogen) atoms. The molecule has 3 rings (SSSR count). The number of nitrogen functional groups attached to an aromatic ring is 1. The molecule has 1 aliphatic heterocycles. The average Bonchev–Trinajstić information content (AvgIpc) is 2.89. The van der Waals surface area contributed by atoms with Crippen molar-refractivity contribution >= 4 is 15.7 Å². The number of aromatic nitrogens is 3. The highest BCUT2D eigenvalue weighted by atomic mass is 32.2. The van der Waals surface area contributed by atoms with E-state index in [4.69, 9.17) is 5.73 Å². The number of nitrogens with two attached hydrogens (primary N) is 1. The smallest absolute Gasteiger partial charge is 0.243 e. The SMILES string of the molecule is Nc1cc(S(=O)(=O)N2CCn3cnnc3C2)ccc1F. The van der Waals surface area contributed by atoms with Crippen LogP contribution in [0.5, 0.6) is 0 Å². The summed E-state index contributed by atoms with van der Waals surface area (Å²) in [5, 5.41) is 7.61. The van der Waals surface area contributed by atoms with Gasteiger partial charge in [-0.25, -0.2) is 12.8 Å². The Hall–Kier alpha value is -2.00. The van der Waals surface area contributed by atoms with Crippen LogP contribution in [0.4, 0.5) is 10.1 Å². The summed E-state index contributed by atoms with van der Waals surface area (Å²) in [5.41, 5.74) is 5.23. The molecule has 0 atom stereocenters. The minimum Gasteiger partial charge on any atom is -0.396 e. The summed E-state index contributed by atoms with van der Waals surface area (Å²) in [7, 11) is -3.72. The van der Waals surface area contributed by atoms with Crippen LogP contribution in [0.3, 0.4) is 0 Å². The van der Waals surface area contributed by atoms with Crippen LogP contribution in [0, 0.1) is 5.82 Å².